The Labute approximate surface area is 197 Å². The summed E-state index contributed by atoms with van der Waals surface area (Å²) in [7, 11) is 3.57. The van der Waals surface area contributed by atoms with E-state index in [-0.39, 0.29) is 12.3 Å². The SMILES string of the molecule is CCOC(=O)c1cc2c(-c3cc(C)cc([C@]4(OC)CCOC4)n3)cc(-c3cnn(C)c3)n2cn1. The quantitative estimate of drug-likeness (QED) is 0.406. The normalized spacial score (nSPS) is 18.0. The minimum absolute atomic E-state index is 0.247. The number of aromatic nitrogens is 5. The number of aryl methyl sites for hydroxylation is 2. The summed E-state index contributed by atoms with van der Waals surface area (Å²) in [6.07, 6.45) is 6.13. The molecule has 1 aliphatic rings. The van der Waals surface area contributed by atoms with Gasteiger partial charge in [-0.1, -0.05) is 0 Å². The van der Waals surface area contributed by atoms with Crippen molar-refractivity contribution in [3.8, 4) is 22.5 Å². The van der Waals surface area contributed by atoms with E-state index in [1.54, 1.807) is 37.3 Å². The Morgan fingerprint density at radius 1 is 1.26 bits per heavy atom. The maximum Gasteiger partial charge on any atom is 0.357 e. The first-order valence-electron chi connectivity index (χ1n) is 11.2. The lowest BCUT2D eigenvalue weighted by molar-refractivity contribution is -0.0245. The Morgan fingerprint density at radius 2 is 2.12 bits per heavy atom. The number of carbonyl (C=O) groups is 1. The molecule has 0 aromatic carbocycles. The molecule has 0 saturated carbocycles. The molecule has 5 heterocycles. The van der Waals surface area contributed by atoms with Gasteiger partial charge in [-0.2, -0.15) is 5.10 Å². The predicted molar refractivity (Wildman–Crippen MR) is 125 cm³/mol. The van der Waals surface area contributed by atoms with Crippen LogP contribution in [0, 0.1) is 6.92 Å². The maximum absolute atomic E-state index is 12.4. The Hall–Kier alpha value is -3.56. The molecule has 0 aliphatic carbocycles. The first kappa shape index (κ1) is 22.2. The summed E-state index contributed by atoms with van der Waals surface area (Å²) in [6.45, 7) is 5.20. The highest BCUT2D eigenvalue weighted by molar-refractivity contribution is 5.92. The second kappa shape index (κ2) is 8.66. The number of fused-ring (bicyclic) bond motifs is 1. The van der Waals surface area contributed by atoms with Gasteiger partial charge in [-0.05, 0) is 43.7 Å². The summed E-state index contributed by atoms with van der Waals surface area (Å²) in [5.41, 5.74) is 5.87. The van der Waals surface area contributed by atoms with Crippen LogP contribution in [0.1, 0.15) is 35.1 Å². The third-order valence-electron chi connectivity index (χ3n) is 6.24. The predicted octanol–water partition coefficient (Wildman–Crippen LogP) is 3.54. The summed E-state index contributed by atoms with van der Waals surface area (Å²) < 4.78 is 20.4. The minimum Gasteiger partial charge on any atom is -0.461 e. The third-order valence-corrected chi connectivity index (χ3v) is 6.24. The van der Waals surface area contributed by atoms with Gasteiger partial charge in [-0.3, -0.25) is 9.08 Å². The van der Waals surface area contributed by atoms with E-state index in [0.29, 0.717) is 13.2 Å². The highest BCUT2D eigenvalue weighted by atomic mass is 16.5. The largest absolute Gasteiger partial charge is 0.461 e. The minimum atomic E-state index is -0.569. The molecule has 5 rings (SSSR count). The number of rotatable bonds is 6. The highest BCUT2D eigenvalue weighted by Crippen LogP contribution is 2.37. The summed E-state index contributed by atoms with van der Waals surface area (Å²) >= 11 is 0. The number of carbonyl (C=O) groups excluding carboxylic acids is 1. The fourth-order valence-electron chi connectivity index (χ4n) is 4.45. The summed E-state index contributed by atoms with van der Waals surface area (Å²) in [5, 5.41) is 4.32. The van der Waals surface area contributed by atoms with Crippen molar-refractivity contribution in [1.29, 1.82) is 0 Å². The van der Waals surface area contributed by atoms with Crippen molar-refractivity contribution in [3.05, 3.63) is 59.9 Å². The Balaban J connectivity index is 1.72. The van der Waals surface area contributed by atoms with Gasteiger partial charge in [-0.15, -0.1) is 0 Å². The lowest BCUT2D eigenvalue weighted by Gasteiger charge is -2.26. The van der Waals surface area contributed by atoms with Gasteiger partial charge in [0.25, 0.3) is 0 Å². The van der Waals surface area contributed by atoms with Crippen molar-refractivity contribution in [2.24, 2.45) is 7.05 Å². The molecule has 0 spiro atoms. The Bertz CT molecular complexity index is 1370. The number of hydrogen-bond donors (Lipinski definition) is 0. The van der Waals surface area contributed by atoms with Gasteiger partial charge in [0.2, 0.25) is 0 Å². The highest BCUT2D eigenvalue weighted by Gasteiger charge is 2.38. The topological polar surface area (TPSA) is 92.8 Å². The fraction of sp³-hybridized carbons (Fsp3) is 0.360. The van der Waals surface area contributed by atoms with Crippen LogP contribution in [-0.2, 0) is 26.9 Å². The second-order valence-electron chi connectivity index (χ2n) is 8.51. The zero-order valence-corrected chi connectivity index (χ0v) is 19.7. The molecule has 0 N–H and O–H groups in total. The van der Waals surface area contributed by atoms with Crippen LogP contribution in [-0.4, -0.2) is 57.0 Å². The third kappa shape index (κ3) is 3.76. The molecule has 1 aliphatic heterocycles. The van der Waals surface area contributed by atoms with Gasteiger partial charge in [0.15, 0.2) is 5.69 Å². The van der Waals surface area contributed by atoms with E-state index >= 15 is 0 Å². The van der Waals surface area contributed by atoms with E-state index in [1.807, 2.05) is 36.7 Å². The van der Waals surface area contributed by atoms with Crippen LogP contribution >= 0.6 is 0 Å². The average Bonchev–Trinajstić information content (AvgIpc) is 3.57. The maximum atomic E-state index is 12.4. The van der Waals surface area contributed by atoms with E-state index in [2.05, 4.69) is 16.1 Å². The molecule has 4 aromatic rings. The number of pyridine rings is 1. The molecule has 0 amide bonds. The van der Waals surface area contributed by atoms with E-state index in [0.717, 1.165) is 45.7 Å². The zero-order valence-electron chi connectivity index (χ0n) is 19.7. The molecule has 1 fully saturated rings. The lowest BCUT2D eigenvalue weighted by Crippen LogP contribution is -2.30. The molecule has 0 radical (unpaired) electrons. The van der Waals surface area contributed by atoms with Crippen LogP contribution in [0.3, 0.4) is 0 Å². The molecule has 0 unspecified atom stereocenters. The molecule has 1 atom stereocenters. The molecule has 9 nitrogen and oxygen atoms in total. The summed E-state index contributed by atoms with van der Waals surface area (Å²) in [4.78, 5) is 21.8. The summed E-state index contributed by atoms with van der Waals surface area (Å²) in [6, 6.07) is 7.89. The van der Waals surface area contributed by atoms with Crippen LogP contribution < -0.4 is 0 Å². The van der Waals surface area contributed by atoms with Gasteiger partial charge < -0.3 is 14.2 Å². The molecule has 176 valence electrons. The fourth-order valence-corrected chi connectivity index (χ4v) is 4.45. The van der Waals surface area contributed by atoms with Crippen LogP contribution in [0.5, 0.6) is 0 Å². The van der Waals surface area contributed by atoms with Gasteiger partial charge in [-0.25, -0.2) is 14.8 Å². The Morgan fingerprint density at radius 3 is 2.79 bits per heavy atom. The van der Waals surface area contributed by atoms with Crippen molar-refractivity contribution in [3.63, 3.8) is 0 Å². The first-order valence-corrected chi connectivity index (χ1v) is 11.2. The molecule has 9 heteroatoms. The first-order chi connectivity index (χ1) is 16.4. The van der Waals surface area contributed by atoms with Crippen LogP contribution in [0.4, 0.5) is 0 Å². The second-order valence-corrected chi connectivity index (χ2v) is 8.51. The monoisotopic (exact) mass is 461 g/mol. The van der Waals surface area contributed by atoms with Crippen molar-refractivity contribution >= 4 is 11.5 Å². The molecular formula is C25H27N5O4. The lowest BCUT2D eigenvalue weighted by atomic mass is 9.95. The van der Waals surface area contributed by atoms with Crippen molar-refractivity contribution < 1.29 is 19.0 Å². The number of nitrogens with zero attached hydrogens (tertiary/aromatic N) is 5. The molecule has 4 aromatic heterocycles. The van der Waals surface area contributed by atoms with Crippen molar-refractivity contribution in [2.75, 3.05) is 26.9 Å². The smallest absolute Gasteiger partial charge is 0.357 e. The van der Waals surface area contributed by atoms with Gasteiger partial charge in [0.1, 0.15) is 11.9 Å². The average molecular weight is 462 g/mol. The molecule has 1 saturated heterocycles. The number of esters is 1. The number of ether oxygens (including phenoxy) is 3. The van der Waals surface area contributed by atoms with Gasteiger partial charge in [0.05, 0.1) is 42.0 Å². The van der Waals surface area contributed by atoms with E-state index in [4.69, 9.17) is 19.2 Å². The number of hydrogen-bond acceptors (Lipinski definition) is 7. The Kier molecular flexibility index (Phi) is 5.66. The molecule has 0 bridgehead atoms. The standard InChI is InChI=1S/C25H27N5O4/c1-5-34-24(31)20-11-22-18(10-21(30(22)15-26-20)17-12-27-29(3)13-17)19-8-16(2)9-23(28-19)25(32-4)6-7-33-14-25/h8-13,15H,5-7,14H2,1-4H3/t25-/m0/s1. The van der Waals surface area contributed by atoms with E-state index in [1.165, 1.54) is 0 Å². The van der Waals surface area contributed by atoms with Crippen LogP contribution in [0.25, 0.3) is 28.0 Å². The van der Waals surface area contributed by atoms with Crippen molar-refractivity contribution in [1.82, 2.24) is 24.1 Å². The molecular weight excluding hydrogens is 434 g/mol. The van der Waals surface area contributed by atoms with E-state index in [9.17, 15) is 4.79 Å². The van der Waals surface area contributed by atoms with Gasteiger partial charge in [0, 0.05) is 44.5 Å². The van der Waals surface area contributed by atoms with Crippen molar-refractivity contribution in [2.45, 2.75) is 25.9 Å². The van der Waals surface area contributed by atoms with Gasteiger partial charge >= 0.3 is 5.97 Å². The van der Waals surface area contributed by atoms with Crippen LogP contribution in [0.2, 0.25) is 0 Å². The molecule has 34 heavy (non-hydrogen) atoms. The summed E-state index contributed by atoms with van der Waals surface area (Å²) in [5.74, 6) is -0.459. The van der Waals surface area contributed by atoms with E-state index < -0.39 is 11.6 Å². The zero-order chi connectivity index (χ0) is 23.9. The van der Waals surface area contributed by atoms with Crippen LogP contribution in [0.15, 0.2) is 43.0 Å². The number of methoxy groups -OCH3 is 1.